The van der Waals surface area contributed by atoms with Crippen molar-refractivity contribution >= 4 is 17.4 Å². The summed E-state index contributed by atoms with van der Waals surface area (Å²) in [6, 6.07) is 19.0. The zero-order chi connectivity index (χ0) is 19.9. The molecule has 0 bridgehead atoms. The van der Waals surface area contributed by atoms with Crippen LogP contribution in [0.25, 0.3) is 0 Å². The molecule has 0 aliphatic carbocycles. The van der Waals surface area contributed by atoms with E-state index in [-0.39, 0.29) is 12.2 Å². The molecule has 0 spiro atoms. The van der Waals surface area contributed by atoms with Crippen molar-refractivity contribution in [1.29, 1.82) is 0 Å². The first-order chi connectivity index (χ1) is 13.5. The number of rotatable bonds is 7. The lowest BCUT2D eigenvalue weighted by Crippen LogP contribution is -2.45. The maximum absolute atomic E-state index is 11.8. The van der Waals surface area contributed by atoms with Crippen LogP contribution in [0.2, 0.25) is 0 Å². The van der Waals surface area contributed by atoms with Gasteiger partial charge in [-0.25, -0.2) is 0 Å². The van der Waals surface area contributed by atoms with Crippen LogP contribution >= 0.6 is 0 Å². The Morgan fingerprint density at radius 2 is 1.50 bits per heavy atom. The van der Waals surface area contributed by atoms with Crippen LogP contribution in [0.4, 0.5) is 5.69 Å². The molecule has 1 fully saturated rings. The molecule has 0 saturated carbocycles. The van der Waals surface area contributed by atoms with Crippen molar-refractivity contribution in [2.75, 3.05) is 45.2 Å². The summed E-state index contributed by atoms with van der Waals surface area (Å²) in [6.07, 6.45) is 0.859. The Balaban J connectivity index is 1.47. The molecule has 1 amide bonds. The number of carbonyl (C=O) groups is 2. The van der Waals surface area contributed by atoms with E-state index in [0.29, 0.717) is 6.42 Å². The first-order valence-electron chi connectivity index (χ1n) is 9.87. The number of nitrogens with zero attached hydrogens (tertiary/aromatic N) is 3. The van der Waals surface area contributed by atoms with Crippen LogP contribution in [0, 0.1) is 0 Å². The zero-order valence-electron chi connectivity index (χ0n) is 16.8. The van der Waals surface area contributed by atoms with Gasteiger partial charge < -0.3 is 9.80 Å². The number of likely N-dealkylation sites (N-methyl/N-ethyl adjacent to an activating group) is 1. The molecule has 28 heavy (non-hydrogen) atoms. The summed E-state index contributed by atoms with van der Waals surface area (Å²) in [7, 11) is 3.21. The van der Waals surface area contributed by atoms with Gasteiger partial charge in [0.05, 0.1) is 0 Å². The van der Waals surface area contributed by atoms with Gasteiger partial charge in [0.2, 0.25) is 5.78 Å². The van der Waals surface area contributed by atoms with E-state index in [1.54, 1.807) is 14.1 Å². The highest BCUT2D eigenvalue weighted by molar-refractivity contribution is 6.35. The van der Waals surface area contributed by atoms with E-state index in [0.717, 1.165) is 38.3 Å². The van der Waals surface area contributed by atoms with Gasteiger partial charge in [0, 0.05) is 58.9 Å². The molecule has 0 radical (unpaired) electrons. The molecule has 2 aromatic carbocycles. The van der Waals surface area contributed by atoms with Crippen LogP contribution in [-0.2, 0) is 22.6 Å². The number of carbonyl (C=O) groups excluding carboxylic acids is 2. The summed E-state index contributed by atoms with van der Waals surface area (Å²) < 4.78 is 0. The van der Waals surface area contributed by atoms with E-state index in [1.807, 2.05) is 0 Å². The minimum atomic E-state index is -0.426. The lowest BCUT2D eigenvalue weighted by atomic mass is 10.1. The lowest BCUT2D eigenvalue weighted by molar-refractivity contribution is -0.142. The van der Waals surface area contributed by atoms with Gasteiger partial charge >= 0.3 is 0 Å². The van der Waals surface area contributed by atoms with Crippen LogP contribution < -0.4 is 4.90 Å². The lowest BCUT2D eigenvalue weighted by Gasteiger charge is -2.36. The number of anilines is 1. The van der Waals surface area contributed by atoms with Crippen molar-refractivity contribution in [3.63, 3.8) is 0 Å². The summed E-state index contributed by atoms with van der Waals surface area (Å²) in [5, 5.41) is 0. The van der Waals surface area contributed by atoms with Crippen molar-refractivity contribution in [2.45, 2.75) is 19.4 Å². The minimum Gasteiger partial charge on any atom is -0.369 e. The second-order valence-electron chi connectivity index (χ2n) is 7.54. The number of piperazine rings is 1. The molecule has 2 aromatic rings. The van der Waals surface area contributed by atoms with Crippen LogP contribution in [0.3, 0.4) is 0 Å². The third kappa shape index (κ3) is 5.42. The molecule has 148 valence electrons. The van der Waals surface area contributed by atoms with E-state index in [1.165, 1.54) is 16.2 Å². The molecular weight excluding hydrogens is 350 g/mol. The van der Waals surface area contributed by atoms with Gasteiger partial charge in [0.1, 0.15) is 0 Å². The predicted octanol–water partition coefficient (Wildman–Crippen LogP) is 2.60. The Hall–Kier alpha value is -2.66. The number of benzene rings is 2. The van der Waals surface area contributed by atoms with Gasteiger partial charge in [-0.1, -0.05) is 42.5 Å². The Morgan fingerprint density at radius 1 is 0.857 bits per heavy atom. The predicted molar refractivity (Wildman–Crippen MR) is 112 cm³/mol. The van der Waals surface area contributed by atoms with Crippen LogP contribution in [-0.4, -0.2) is 61.8 Å². The first kappa shape index (κ1) is 20.1. The highest BCUT2D eigenvalue weighted by Crippen LogP contribution is 2.19. The highest BCUT2D eigenvalue weighted by Gasteiger charge is 2.18. The molecule has 3 rings (SSSR count). The molecule has 1 aliphatic rings. The zero-order valence-corrected chi connectivity index (χ0v) is 16.8. The Morgan fingerprint density at radius 3 is 2.11 bits per heavy atom. The van der Waals surface area contributed by atoms with E-state index >= 15 is 0 Å². The van der Waals surface area contributed by atoms with E-state index in [9.17, 15) is 9.59 Å². The van der Waals surface area contributed by atoms with Crippen molar-refractivity contribution < 1.29 is 9.59 Å². The number of hydrogen-bond acceptors (Lipinski definition) is 4. The molecule has 1 aliphatic heterocycles. The van der Waals surface area contributed by atoms with Gasteiger partial charge in [-0.15, -0.1) is 0 Å². The SMILES string of the molecule is CN(C)C(=O)C(=O)CCc1ccc(N2CCN(Cc3ccccc3)CC2)cc1. The average molecular weight is 380 g/mol. The summed E-state index contributed by atoms with van der Waals surface area (Å²) >= 11 is 0. The minimum absolute atomic E-state index is 0.258. The molecule has 0 unspecified atom stereocenters. The topological polar surface area (TPSA) is 43.9 Å². The summed E-state index contributed by atoms with van der Waals surface area (Å²) in [5.74, 6) is -0.756. The van der Waals surface area contributed by atoms with Crippen molar-refractivity contribution in [3.05, 3.63) is 65.7 Å². The van der Waals surface area contributed by atoms with Crippen molar-refractivity contribution in [2.24, 2.45) is 0 Å². The fraction of sp³-hybridized carbons (Fsp3) is 0.391. The quantitative estimate of drug-likeness (QED) is 0.694. The number of ketones is 1. The Kier molecular flexibility index (Phi) is 6.82. The summed E-state index contributed by atoms with van der Waals surface area (Å²) in [4.78, 5) is 29.7. The van der Waals surface area contributed by atoms with Gasteiger partial charge in [0.15, 0.2) is 0 Å². The summed E-state index contributed by atoms with van der Waals surface area (Å²) in [6.45, 7) is 5.15. The molecule has 0 N–H and O–H groups in total. The molecular formula is C23H29N3O2. The molecule has 1 saturated heterocycles. The molecule has 5 nitrogen and oxygen atoms in total. The maximum Gasteiger partial charge on any atom is 0.289 e. The van der Waals surface area contributed by atoms with Crippen LogP contribution in [0.15, 0.2) is 54.6 Å². The standard InChI is InChI=1S/C23H29N3O2/c1-24(2)23(28)22(27)13-10-19-8-11-21(12-9-19)26-16-14-25(15-17-26)18-20-6-4-3-5-7-20/h3-9,11-12H,10,13-18H2,1-2H3. The monoisotopic (exact) mass is 379 g/mol. The second kappa shape index (κ2) is 9.51. The highest BCUT2D eigenvalue weighted by atomic mass is 16.2. The van der Waals surface area contributed by atoms with Gasteiger partial charge in [-0.05, 0) is 29.7 Å². The normalized spacial score (nSPS) is 14.7. The van der Waals surface area contributed by atoms with Crippen LogP contribution in [0.5, 0.6) is 0 Å². The molecule has 1 heterocycles. The largest absolute Gasteiger partial charge is 0.369 e. The first-order valence-corrected chi connectivity index (χ1v) is 9.87. The molecule has 5 heteroatoms. The fourth-order valence-corrected chi connectivity index (χ4v) is 3.49. The number of amides is 1. The van der Waals surface area contributed by atoms with Crippen LogP contribution in [0.1, 0.15) is 17.5 Å². The van der Waals surface area contributed by atoms with Gasteiger partial charge in [-0.2, -0.15) is 0 Å². The third-order valence-electron chi connectivity index (χ3n) is 5.21. The van der Waals surface area contributed by atoms with Gasteiger partial charge in [-0.3, -0.25) is 14.5 Å². The van der Waals surface area contributed by atoms with Crippen molar-refractivity contribution in [3.8, 4) is 0 Å². The Labute approximate surface area is 167 Å². The number of Topliss-reactive ketones (excluding diaryl/α,β-unsaturated/α-hetero) is 1. The van der Waals surface area contributed by atoms with Gasteiger partial charge in [0.25, 0.3) is 5.91 Å². The Bertz CT molecular complexity index is 779. The summed E-state index contributed by atoms with van der Waals surface area (Å²) in [5.41, 5.74) is 3.67. The number of hydrogen-bond donors (Lipinski definition) is 0. The average Bonchev–Trinajstić information content (AvgIpc) is 2.73. The second-order valence-corrected chi connectivity index (χ2v) is 7.54. The fourth-order valence-electron chi connectivity index (χ4n) is 3.49. The maximum atomic E-state index is 11.8. The van der Waals surface area contributed by atoms with E-state index in [2.05, 4.69) is 64.4 Å². The number of aryl methyl sites for hydroxylation is 1. The van der Waals surface area contributed by atoms with E-state index in [4.69, 9.17) is 0 Å². The van der Waals surface area contributed by atoms with E-state index < -0.39 is 5.91 Å². The third-order valence-corrected chi connectivity index (χ3v) is 5.21. The smallest absolute Gasteiger partial charge is 0.289 e. The van der Waals surface area contributed by atoms with Crippen molar-refractivity contribution in [1.82, 2.24) is 9.80 Å². The molecule has 0 atom stereocenters. The molecule has 0 aromatic heterocycles.